The molecule has 9 nitrogen and oxygen atoms in total. The lowest BCUT2D eigenvalue weighted by Gasteiger charge is -2.41. The number of piperidine rings is 1. The first-order chi connectivity index (χ1) is 19.3. The number of fused-ring (bicyclic) bond motifs is 1. The van der Waals surface area contributed by atoms with Crippen molar-refractivity contribution in [2.24, 2.45) is 16.3 Å². The minimum Gasteiger partial charge on any atom is -0.374 e. The van der Waals surface area contributed by atoms with Crippen LogP contribution >= 0.6 is 0 Å². The van der Waals surface area contributed by atoms with Crippen molar-refractivity contribution < 1.29 is 32.3 Å². The Labute approximate surface area is 236 Å². The zero-order valence-corrected chi connectivity index (χ0v) is 23.0. The van der Waals surface area contributed by atoms with Crippen molar-refractivity contribution in [1.82, 2.24) is 15.2 Å². The number of ether oxygens (including phenoxy) is 1. The van der Waals surface area contributed by atoms with E-state index in [0.29, 0.717) is 10.7 Å². The van der Waals surface area contributed by atoms with Gasteiger partial charge in [0.05, 0.1) is 24.5 Å². The van der Waals surface area contributed by atoms with Crippen molar-refractivity contribution in [1.29, 1.82) is 0 Å². The fraction of sp³-hybridized carbons (Fsp3) is 0.448. The Kier molecular flexibility index (Phi) is 8.83. The second-order valence-corrected chi connectivity index (χ2v) is 11.0. The average molecular weight is 574 g/mol. The molecule has 12 heteroatoms. The highest BCUT2D eigenvalue weighted by Gasteiger charge is 2.56. The Morgan fingerprint density at radius 2 is 1.68 bits per heavy atom. The molecule has 1 fully saturated rings. The molecule has 0 radical (unpaired) electrons. The smallest absolute Gasteiger partial charge is 0.374 e. The zero-order chi connectivity index (χ0) is 29.8. The molecule has 0 aromatic heterocycles. The molecule has 0 aliphatic carbocycles. The molecule has 2 aromatic carbocycles. The van der Waals surface area contributed by atoms with Crippen LogP contribution in [-0.2, 0) is 32.1 Å². The van der Waals surface area contributed by atoms with E-state index in [4.69, 9.17) is 10.5 Å². The van der Waals surface area contributed by atoms with Gasteiger partial charge in [-0.3, -0.25) is 14.4 Å². The van der Waals surface area contributed by atoms with E-state index in [-0.39, 0.29) is 39.1 Å². The summed E-state index contributed by atoms with van der Waals surface area (Å²) in [5.41, 5.74) is 5.10. The van der Waals surface area contributed by atoms with Crippen LogP contribution in [0.5, 0.6) is 0 Å². The van der Waals surface area contributed by atoms with Crippen LogP contribution in [0.4, 0.5) is 13.2 Å². The van der Waals surface area contributed by atoms with Crippen LogP contribution in [0, 0.1) is 5.41 Å². The summed E-state index contributed by atoms with van der Waals surface area (Å²) >= 11 is 0. The fourth-order valence-electron chi connectivity index (χ4n) is 5.00. The molecule has 41 heavy (non-hydrogen) atoms. The number of rotatable bonds is 10. The predicted molar refractivity (Wildman–Crippen MR) is 145 cm³/mol. The zero-order valence-electron chi connectivity index (χ0n) is 23.0. The number of hydrogen-bond donors (Lipinski definition) is 2. The predicted octanol–water partition coefficient (Wildman–Crippen LogP) is 2.65. The van der Waals surface area contributed by atoms with Crippen molar-refractivity contribution in [3.05, 3.63) is 71.8 Å². The Morgan fingerprint density at radius 1 is 1.07 bits per heavy atom. The van der Waals surface area contributed by atoms with E-state index < -0.39 is 47.4 Å². The molecule has 2 aromatic rings. The van der Waals surface area contributed by atoms with Crippen LogP contribution in [0.1, 0.15) is 31.4 Å². The van der Waals surface area contributed by atoms with Crippen molar-refractivity contribution >= 4 is 23.4 Å². The number of nitrogens with two attached hydrogens (primary N) is 1. The number of benzene rings is 2. The number of carbonyl (C=O) groups is 3. The molecule has 0 bridgehead atoms. The van der Waals surface area contributed by atoms with Crippen LogP contribution in [0.2, 0.25) is 0 Å². The van der Waals surface area contributed by atoms with Crippen LogP contribution in [0.25, 0.3) is 0 Å². The summed E-state index contributed by atoms with van der Waals surface area (Å²) in [6, 6.07) is 17.0. The van der Waals surface area contributed by atoms with Gasteiger partial charge in [-0.15, -0.1) is 0 Å². The number of amides is 3. The van der Waals surface area contributed by atoms with Crippen LogP contribution in [-0.4, -0.2) is 77.3 Å². The number of nitrogens with one attached hydrogen (secondary N) is 1. The molecule has 3 N–H and O–H groups in total. The average Bonchev–Trinajstić information content (AvgIpc) is 3.17. The van der Waals surface area contributed by atoms with Gasteiger partial charge in [-0.2, -0.15) is 18.3 Å². The van der Waals surface area contributed by atoms with Crippen molar-refractivity contribution in [3.8, 4) is 0 Å². The minimum atomic E-state index is -4.64. The summed E-state index contributed by atoms with van der Waals surface area (Å²) in [6.45, 7) is 1.41. The quantitative estimate of drug-likeness (QED) is 0.453. The summed E-state index contributed by atoms with van der Waals surface area (Å²) < 4.78 is 45.6. The molecule has 0 unspecified atom stereocenters. The molecule has 220 valence electrons. The molecule has 2 aliphatic heterocycles. The van der Waals surface area contributed by atoms with Gasteiger partial charge in [0, 0.05) is 19.5 Å². The molecule has 2 heterocycles. The number of nitrogens with zero attached hydrogens (tertiary/aromatic N) is 3. The fourth-order valence-corrected chi connectivity index (χ4v) is 5.00. The molecular weight excluding hydrogens is 539 g/mol. The van der Waals surface area contributed by atoms with E-state index in [0.717, 1.165) is 11.1 Å². The van der Waals surface area contributed by atoms with Gasteiger partial charge < -0.3 is 20.7 Å². The minimum absolute atomic E-state index is 0.0704. The third-order valence-corrected chi connectivity index (χ3v) is 7.09. The molecule has 1 saturated heterocycles. The first-order valence-corrected chi connectivity index (χ1v) is 13.3. The number of halogens is 3. The molecule has 4 rings (SSSR count). The van der Waals surface area contributed by atoms with E-state index in [2.05, 4.69) is 10.4 Å². The van der Waals surface area contributed by atoms with Gasteiger partial charge in [-0.1, -0.05) is 60.7 Å². The first kappa shape index (κ1) is 30.2. The summed E-state index contributed by atoms with van der Waals surface area (Å²) in [4.78, 5) is 41.6. The van der Waals surface area contributed by atoms with E-state index in [9.17, 15) is 27.6 Å². The van der Waals surface area contributed by atoms with E-state index in [1.54, 1.807) is 30.3 Å². The Balaban J connectivity index is 1.58. The molecule has 3 amide bonds. The third kappa shape index (κ3) is 7.31. The molecule has 2 atom stereocenters. The van der Waals surface area contributed by atoms with Crippen molar-refractivity contribution in [2.75, 3.05) is 26.2 Å². The normalized spacial score (nSPS) is 20.0. The summed E-state index contributed by atoms with van der Waals surface area (Å²) in [5.74, 6) is -1.91. The lowest BCUT2D eigenvalue weighted by atomic mass is 9.73. The van der Waals surface area contributed by atoms with Crippen LogP contribution in [0.3, 0.4) is 0 Å². The number of carbonyl (C=O) groups excluding carboxylic acids is 3. The summed E-state index contributed by atoms with van der Waals surface area (Å²) in [5, 5.41) is 7.20. The first-order valence-electron chi connectivity index (χ1n) is 13.3. The van der Waals surface area contributed by atoms with E-state index >= 15 is 0 Å². The SMILES string of the molecule is CC(C)(N)C(=O)N[C@H](COCc1ccccc1)C(=O)N1CCC2=NN(CC(F)(F)F)C(=O)[C@]2(Cc2ccccc2)C1. The largest absolute Gasteiger partial charge is 0.408 e. The van der Waals surface area contributed by atoms with Crippen LogP contribution < -0.4 is 11.1 Å². The summed E-state index contributed by atoms with van der Waals surface area (Å²) in [7, 11) is 0. The monoisotopic (exact) mass is 573 g/mol. The van der Waals surface area contributed by atoms with Gasteiger partial charge in [0.25, 0.3) is 5.91 Å². The standard InChI is InChI=1S/C29H34F3N5O4/c1-27(2,33)25(39)34-22(17-41-16-21-11-7-4-8-12-21)24(38)36-14-13-23-28(18-36,15-20-9-5-3-6-10-20)26(40)37(35-23)19-29(30,31)32/h3-12,22H,13-19,33H2,1-2H3,(H,34,39)/t22-,28-/m1/s1. The number of alkyl halides is 3. The molecule has 0 saturated carbocycles. The maximum Gasteiger partial charge on any atom is 0.408 e. The third-order valence-electron chi connectivity index (χ3n) is 7.09. The highest BCUT2D eigenvalue weighted by Crippen LogP contribution is 2.39. The van der Waals surface area contributed by atoms with Crippen molar-refractivity contribution in [2.45, 2.75) is 51.1 Å². The number of hydrazone groups is 1. The van der Waals surface area contributed by atoms with E-state index in [1.807, 2.05) is 30.3 Å². The Bertz CT molecular complexity index is 1280. The van der Waals surface area contributed by atoms with Gasteiger partial charge in [0.1, 0.15) is 18.0 Å². The van der Waals surface area contributed by atoms with Gasteiger partial charge >= 0.3 is 6.18 Å². The molecule has 2 aliphatic rings. The number of likely N-dealkylation sites (tertiary alicyclic amines) is 1. The maximum absolute atomic E-state index is 13.8. The second kappa shape index (κ2) is 12.0. The van der Waals surface area contributed by atoms with Crippen molar-refractivity contribution in [3.63, 3.8) is 0 Å². The van der Waals surface area contributed by atoms with Crippen LogP contribution in [0.15, 0.2) is 65.8 Å². The molecule has 0 spiro atoms. The Morgan fingerprint density at radius 3 is 2.27 bits per heavy atom. The second-order valence-electron chi connectivity index (χ2n) is 11.0. The van der Waals surface area contributed by atoms with Gasteiger partial charge in [-0.05, 0) is 31.4 Å². The highest BCUT2D eigenvalue weighted by atomic mass is 19.4. The lowest BCUT2D eigenvalue weighted by molar-refractivity contribution is -0.164. The van der Waals surface area contributed by atoms with E-state index in [1.165, 1.54) is 18.7 Å². The maximum atomic E-state index is 13.8. The number of hydrogen-bond acceptors (Lipinski definition) is 6. The lowest BCUT2D eigenvalue weighted by Crippen LogP contribution is -2.61. The van der Waals surface area contributed by atoms with Gasteiger partial charge in [0.2, 0.25) is 11.8 Å². The highest BCUT2D eigenvalue weighted by molar-refractivity contribution is 6.14. The Hall–Kier alpha value is -3.77. The summed E-state index contributed by atoms with van der Waals surface area (Å²) in [6.07, 6.45) is -4.47. The molecular formula is C29H34F3N5O4. The topological polar surface area (TPSA) is 117 Å². The van der Waals surface area contributed by atoms with Gasteiger partial charge in [-0.25, -0.2) is 5.01 Å². The van der Waals surface area contributed by atoms with Gasteiger partial charge in [0.15, 0.2) is 0 Å².